The number of rotatable bonds is 5. The fourth-order valence-corrected chi connectivity index (χ4v) is 4.73. The van der Waals surface area contributed by atoms with Gasteiger partial charge in [0.2, 0.25) is 5.91 Å². The van der Waals surface area contributed by atoms with Crippen molar-refractivity contribution in [2.24, 2.45) is 11.3 Å². The Morgan fingerprint density at radius 2 is 1.96 bits per heavy atom. The minimum Gasteiger partial charge on any atom is -0.301 e. The molecule has 0 bridgehead atoms. The number of thiazole rings is 1. The fraction of sp³-hybridized carbons (Fsp3) is 0.474. The minimum absolute atomic E-state index is 0.0613. The number of carbonyl (C=O) groups excluding carboxylic acids is 1. The molecule has 1 amide bonds. The van der Waals surface area contributed by atoms with Gasteiger partial charge in [-0.3, -0.25) is 4.79 Å². The van der Waals surface area contributed by atoms with Gasteiger partial charge in [-0.1, -0.05) is 32.9 Å². The van der Waals surface area contributed by atoms with Crippen molar-refractivity contribution < 1.29 is 13.2 Å². The lowest BCUT2D eigenvalue weighted by Gasteiger charge is -2.22. The summed E-state index contributed by atoms with van der Waals surface area (Å²) in [4.78, 5) is 17.5. The highest BCUT2D eigenvalue weighted by molar-refractivity contribution is 7.90. The van der Waals surface area contributed by atoms with Crippen molar-refractivity contribution in [2.75, 3.05) is 11.6 Å². The van der Waals surface area contributed by atoms with Crippen LogP contribution in [0.25, 0.3) is 0 Å². The van der Waals surface area contributed by atoms with Crippen molar-refractivity contribution in [2.45, 2.75) is 43.9 Å². The molecule has 26 heavy (non-hydrogen) atoms. The predicted molar refractivity (Wildman–Crippen MR) is 104 cm³/mol. The molecule has 1 aromatic heterocycles. The van der Waals surface area contributed by atoms with Crippen LogP contribution in [0.3, 0.4) is 0 Å². The van der Waals surface area contributed by atoms with Crippen LogP contribution in [0.1, 0.15) is 39.2 Å². The van der Waals surface area contributed by atoms with Gasteiger partial charge in [-0.15, -0.1) is 11.3 Å². The average molecular weight is 393 g/mol. The van der Waals surface area contributed by atoms with Crippen LogP contribution in [0.4, 0.5) is 5.13 Å². The molecule has 0 radical (unpaired) electrons. The van der Waals surface area contributed by atoms with Gasteiger partial charge in [-0.05, 0) is 41.9 Å². The fourth-order valence-electron chi connectivity index (χ4n) is 3.57. The molecule has 0 aliphatic heterocycles. The molecular formula is C19H24N2O3S2. The van der Waals surface area contributed by atoms with Crippen LogP contribution in [0.2, 0.25) is 0 Å². The highest BCUT2D eigenvalue weighted by Gasteiger charge is 2.61. The zero-order chi connectivity index (χ0) is 19.2. The molecule has 7 heteroatoms. The Morgan fingerprint density at radius 3 is 2.46 bits per heavy atom. The Morgan fingerprint density at radius 1 is 1.31 bits per heavy atom. The quantitative estimate of drug-likeness (QED) is 0.838. The van der Waals surface area contributed by atoms with Gasteiger partial charge in [-0.25, -0.2) is 13.4 Å². The maximum atomic E-state index is 13.1. The monoisotopic (exact) mass is 392 g/mol. The van der Waals surface area contributed by atoms with Gasteiger partial charge in [0.25, 0.3) is 0 Å². The van der Waals surface area contributed by atoms with Gasteiger partial charge in [0, 0.05) is 17.8 Å². The summed E-state index contributed by atoms with van der Waals surface area (Å²) in [6.45, 7) is 6.50. The first-order chi connectivity index (χ1) is 12.0. The molecule has 0 spiro atoms. The second-order valence-electron chi connectivity index (χ2n) is 8.23. The molecule has 2 aromatic rings. The first-order valence-electron chi connectivity index (χ1n) is 8.54. The summed E-state index contributed by atoms with van der Waals surface area (Å²) in [6, 6.07) is 6.74. The topological polar surface area (TPSA) is 76.1 Å². The van der Waals surface area contributed by atoms with E-state index in [4.69, 9.17) is 0 Å². The van der Waals surface area contributed by atoms with E-state index in [2.05, 4.69) is 31.1 Å². The van der Waals surface area contributed by atoms with Gasteiger partial charge in [0.15, 0.2) is 15.0 Å². The third kappa shape index (κ3) is 3.83. The number of anilines is 1. The Hall–Kier alpha value is -1.73. The van der Waals surface area contributed by atoms with Crippen LogP contribution >= 0.6 is 11.3 Å². The van der Waals surface area contributed by atoms with Crippen LogP contribution in [0.15, 0.2) is 40.7 Å². The van der Waals surface area contributed by atoms with Crippen molar-refractivity contribution >= 4 is 32.2 Å². The summed E-state index contributed by atoms with van der Waals surface area (Å²) < 4.78 is 23.4. The molecule has 1 aliphatic carbocycles. The van der Waals surface area contributed by atoms with Crippen LogP contribution in [-0.4, -0.2) is 25.6 Å². The highest BCUT2D eigenvalue weighted by atomic mass is 32.2. The third-order valence-corrected chi connectivity index (χ3v) is 6.64. The number of nitrogens with zero attached hydrogens (tertiary/aromatic N) is 1. The van der Waals surface area contributed by atoms with Crippen LogP contribution in [0.5, 0.6) is 0 Å². The van der Waals surface area contributed by atoms with Crippen molar-refractivity contribution in [1.29, 1.82) is 0 Å². The van der Waals surface area contributed by atoms with Crippen molar-refractivity contribution in [1.82, 2.24) is 4.98 Å². The maximum absolute atomic E-state index is 13.1. The Balaban J connectivity index is 1.93. The molecule has 140 valence electrons. The van der Waals surface area contributed by atoms with Crippen LogP contribution in [-0.2, 0) is 20.0 Å². The molecule has 1 heterocycles. The summed E-state index contributed by atoms with van der Waals surface area (Å²) in [6.07, 6.45) is 4.53. The Kier molecular flexibility index (Phi) is 4.73. The number of aromatic nitrogens is 1. The van der Waals surface area contributed by atoms with Crippen molar-refractivity contribution in [3.05, 3.63) is 41.4 Å². The number of hydrogen-bond acceptors (Lipinski definition) is 5. The molecule has 0 saturated heterocycles. The number of amides is 1. The summed E-state index contributed by atoms with van der Waals surface area (Å²) in [5.41, 5.74) is 0.364. The molecule has 0 unspecified atom stereocenters. The van der Waals surface area contributed by atoms with Gasteiger partial charge < -0.3 is 5.32 Å². The van der Waals surface area contributed by atoms with E-state index in [1.165, 1.54) is 17.6 Å². The lowest BCUT2D eigenvalue weighted by molar-refractivity contribution is -0.119. The third-order valence-electron chi connectivity index (χ3n) is 4.82. The van der Waals surface area contributed by atoms with Crippen LogP contribution < -0.4 is 5.32 Å². The lowest BCUT2D eigenvalue weighted by atomic mass is 9.84. The largest absolute Gasteiger partial charge is 0.301 e. The van der Waals surface area contributed by atoms with Gasteiger partial charge in [0.05, 0.1) is 10.3 Å². The Bertz CT molecular complexity index is 897. The molecule has 2 atom stereocenters. The summed E-state index contributed by atoms with van der Waals surface area (Å²) in [5, 5.41) is 5.34. The van der Waals surface area contributed by atoms with E-state index in [0.29, 0.717) is 5.13 Å². The average Bonchev–Trinajstić information content (AvgIpc) is 2.98. The highest BCUT2D eigenvalue weighted by Crippen LogP contribution is 2.59. The molecule has 1 fully saturated rings. The van der Waals surface area contributed by atoms with Crippen molar-refractivity contribution in [3.8, 4) is 0 Å². The van der Waals surface area contributed by atoms with E-state index >= 15 is 0 Å². The van der Waals surface area contributed by atoms with Crippen LogP contribution in [0, 0.1) is 11.3 Å². The Labute approximate surface area is 158 Å². The number of nitrogens with one attached hydrogen (secondary N) is 1. The van der Waals surface area contributed by atoms with E-state index in [1.54, 1.807) is 30.5 Å². The molecule has 5 nitrogen and oxygen atoms in total. The first kappa shape index (κ1) is 19.0. The van der Waals surface area contributed by atoms with E-state index in [9.17, 15) is 13.2 Å². The summed E-state index contributed by atoms with van der Waals surface area (Å²) in [7, 11) is -3.26. The number of benzene rings is 1. The second-order valence-corrected chi connectivity index (χ2v) is 11.1. The summed E-state index contributed by atoms with van der Waals surface area (Å²) in [5.74, 6) is 0.167. The maximum Gasteiger partial charge on any atom is 0.237 e. The van der Waals surface area contributed by atoms with E-state index < -0.39 is 15.3 Å². The zero-order valence-corrected chi connectivity index (χ0v) is 17.1. The SMILES string of the molecule is CC(C)(C)C[C@@H]1C[C@]1(C(=O)Nc1nccs1)c1ccc(S(C)(=O)=O)cc1. The van der Waals surface area contributed by atoms with Crippen molar-refractivity contribution in [3.63, 3.8) is 0 Å². The smallest absolute Gasteiger partial charge is 0.237 e. The van der Waals surface area contributed by atoms with E-state index in [1.807, 2.05) is 5.38 Å². The van der Waals surface area contributed by atoms with Gasteiger partial charge in [-0.2, -0.15) is 0 Å². The van der Waals surface area contributed by atoms with Gasteiger partial charge >= 0.3 is 0 Å². The molecular weight excluding hydrogens is 368 g/mol. The molecule has 1 N–H and O–H groups in total. The standard InChI is InChI=1S/C19H24N2O3S2/c1-18(2,3)11-14-12-19(14,16(22)21-17-20-9-10-25-17)13-5-7-15(8-6-13)26(4,23)24/h5-10,14H,11-12H2,1-4H3,(H,20,21,22)/t14-,19+/m1/s1. The number of carbonyl (C=O) groups is 1. The predicted octanol–water partition coefficient (Wildman–Crippen LogP) is 3.88. The van der Waals surface area contributed by atoms with E-state index in [-0.39, 0.29) is 22.1 Å². The summed E-state index contributed by atoms with van der Waals surface area (Å²) >= 11 is 1.39. The molecule has 1 saturated carbocycles. The number of sulfone groups is 1. The second kappa shape index (κ2) is 6.46. The first-order valence-corrected chi connectivity index (χ1v) is 11.3. The van der Waals surface area contributed by atoms with E-state index in [0.717, 1.165) is 18.4 Å². The zero-order valence-electron chi connectivity index (χ0n) is 15.4. The molecule has 1 aliphatic rings. The lowest BCUT2D eigenvalue weighted by Crippen LogP contribution is -2.30. The minimum atomic E-state index is -3.26. The normalized spacial score (nSPS) is 22.8. The molecule has 1 aromatic carbocycles. The number of hydrogen-bond donors (Lipinski definition) is 1. The molecule has 3 rings (SSSR count). The van der Waals surface area contributed by atoms with Gasteiger partial charge in [0.1, 0.15) is 0 Å².